The molecular formula is C13H17NO5S. The zero-order valence-electron chi connectivity index (χ0n) is 11.8. The van der Waals surface area contributed by atoms with Crippen LogP contribution < -0.4 is 4.90 Å². The number of hydrogen-bond acceptors (Lipinski definition) is 5. The molecule has 1 aromatic heterocycles. The molecule has 1 heterocycles. The first-order valence-corrected chi connectivity index (χ1v) is 6.86. The van der Waals surface area contributed by atoms with Gasteiger partial charge in [0, 0.05) is 11.8 Å². The highest BCUT2D eigenvalue weighted by molar-refractivity contribution is 7.10. The van der Waals surface area contributed by atoms with Gasteiger partial charge in [-0.3, -0.25) is 14.5 Å². The molecule has 1 atom stereocenters. The first-order chi connectivity index (χ1) is 9.25. The largest absolute Gasteiger partial charge is 0.480 e. The Morgan fingerprint density at radius 2 is 2.00 bits per heavy atom. The molecule has 0 fully saturated rings. The van der Waals surface area contributed by atoms with Crippen LogP contribution in [0, 0.1) is 13.8 Å². The van der Waals surface area contributed by atoms with Crippen molar-refractivity contribution in [1.29, 1.82) is 0 Å². The van der Waals surface area contributed by atoms with Crippen LogP contribution in [0.5, 0.6) is 0 Å². The van der Waals surface area contributed by atoms with Gasteiger partial charge in [-0.1, -0.05) is 0 Å². The number of esters is 1. The van der Waals surface area contributed by atoms with E-state index in [1.165, 1.54) is 30.1 Å². The highest BCUT2D eigenvalue weighted by Gasteiger charge is 2.30. The molecule has 0 saturated heterocycles. The van der Waals surface area contributed by atoms with Crippen molar-refractivity contribution < 1.29 is 24.2 Å². The summed E-state index contributed by atoms with van der Waals surface area (Å²) < 4.78 is 4.67. The van der Waals surface area contributed by atoms with Crippen molar-refractivity contribution in [2.45, 2.75) is 33.7 Å². The summed E-state index contributed by atoms with van der Waals surface area (Å²) in [7, 11) is 0. The van der Waals surface area contributed by atoms with Crippen molar-refractivity contribution in [3.63, 3.8) is 0 Å². The van der Waals surface area contributed by atoms with Crippen LogP contribution in [0.2, 0.25) is 0 Å². The summed E-state index contributed by atoms with van der Waals surface area (Å²) in [5.41, 5.74) is 1.39. The molecule has 0 bridgehead atoms. The Morgan fingerprint density at radius 3 is 2.40 bits per heavy atom. The number of carbonyl (C=O) groups excluding carboxylic acids is 2. The van der Waals surface area contributed by atoms with Crippen molar-refractivity contribution in [3.8, 4) is 0 Å². The van der Waals surface area contributed by atoms with Crippen LogP contribution in [-0.2, 0) is 19.1 Å². The van der Waals surface area contributed by atoms with Crippen LogP contribution in [0.4, 0.5) is 5.69 Å². The van der Waals surface area contributed by atoms with Crippen molar-refractivity contribution in [2.75, 3.05) is 11.5 Å². The minimum Gasteiger partial charge on any atom is -0.480 e. The van der Waals surface area contributed by atoms with Gasteiger partial charge in [0.1, 0.15) is 6.04 Å². The summed E-state index contributed by atoms with van der Waals surface area (Å²) in [6, 6.07) is -1.04. The maximum atomic E-state index is 12.2. The highest BCUT2D eigenvalue weighted by atomic mass is 32.1. The third-order valence-corrected chi connectivity index (χ3v) is 3.79. The number of hydrogen-bond donors (Lipinski definition) is 1. The van der Waals surface area contributed by atoms with E-state index in [1.807, 2.05) is 12.3 Å². The van der Waals surface area contributed by atoms with E-state index in [-0.39, 0.29) is 0 Å². The molecule has 0 spiro atoms. The minimum atomic E-state index is -1.12. The topological polar surface area (TPSA) is 83.9 Å². The lowest BCUT2D eigenvalue weighted by molar-refractivity contribution is -0.146. The van der Waals surface area contributed by atoms with Gasteiger partial charge in [-0.15, -0.1) is 11.3 Å². The van der Waals surface area contributed by atoms with Crippen LogP contribution in [0.25, 0.3) is 0 Å². The molecule has 0 aliphatic rings. The minimum absolute atomic E-state index is 0.471. The summed E-state index contributed by atoms with van der Waals surface area (Å²) >= 11 is 1.44. The number of nitrogens with zero attached hydrogens (tertiary/aromatic N) is 1. The normalized spacial score (nSPS) is 11.8. The lowest BCUT2D eigenvalue weighted by Crippen LogP contribution is -2.45. The Bertz CT molecular complexity index is 517. The van der Waals surface area contributed by atoms with Gasteiger partial charge in [-0.05, 0) is 31.7 Å². The van der Waals surface area contributed by atoms with Gasteiger partial charge in [0.2, 0.25) is 0 Å². The average molecular weight is 299 g/mol. The third kappa shape index (κ3) is 3.57. The molecule has 0 aromatic carbocycles. The number of amides is 1. The molecule has 20 heavy (non-hydrogen) atoms. The van der Waals surface area contributed by atoms with Crippen molar-refractivity contribution >= 4 is 34.9 Å². The van der Waals surface area contributed by atoms with E-state index in [4.69, 9.17) is 5.11 Å². The van der Waals surface area contributed by atoms with Crippen molar-refractivity contribution in [3.05, 3.63) is 15.8 Å². The average Bonchev–Trinajstić information content (AvgIpc) is 2.68. The predicted octanol–water partition coefficient (Wildman–Crippen LogP) is 1.73. The molecule has 7 heteroatoms. The standard InChI is InChI=1S/C13H17NO5S/c1-7-6-20-9(3)12(7)14(8(2)13(17)18)11(16)5-19-10(4)15/h6,8H,5H2,1-4H3,(H,17,18). The van der Waals surface area contributed by atoms with E-state index in [0.29, 0.717) is 5.69 Å². The Hall–Kier alpha value is -1.89. The van der Waals surface area contributed by atoms with Gasteiger partial charge in [0.25, 0.3) is 5.91 Å². The summed E-state index contributed by atoms with van der Waals surface area (Å²) in [6.45, 7) is 5.76. The second-order valence-electron chi connectivity index (χ2n) is 4.38. The zero-order chi connectivity index (χ0) is 15.4. The second-order valence-corrected chi connectivity index (χ2v) is 5.47. The molecule has 1 N–H and O–H groups in total. The Kier molecular flexibility index (Phi) is 5.26. The quantitative estimate of drug-likeness (QED) is 0.837. The van der Waals surface area contributed by atoms with Crippen molar-refractivity contribution in [2.24, 2.45) is 0 Å². The molecule has 0 aliphatic carbocycles. The van der Waals surface area contributed by atoms with E-state index < -0.39 is 30.5 Å². The number of ether oxygens (including phenoxy) is 1. The number of thiophene rings is 1. The van der Waals surface area contributed by atoms with E-state index in [0.717, 1.165) is 10.4 Å². The van der Waals surface area contributed by atoms with Gasteiger partial charge in [0.15, 0.2) is 6.61 Å². The molecule has 1 aromatic rings. The van der Waals surface area contributed by atoms with Gasteiger partial charge in [0.05, 0.1) is 5.69 Å². The van der Waals surface area contributed by atoms with Crippen LogP contribution in [0.1, 0.15) is 24.3 Å². The van der Waals surface area contributed by atoms with E-state index in [2.05, 4.69) is 4.74 Å². The Labute approximate surface area is 121 Å². The molecule has 0 radical (unpaired) electrons. The van der Waals surface area contributed by atoms with E-state index in [9.17, 15) is 14.4 Å². The monoisotopic (exact) mass is 299 g/mol. The number of carboxylic acid groups (broad SMARTS) is 1. The number of aryl methyl sites for hydroxylation is 2. The van der Waals surface area contributed by atoms with Gasteiger partial charge in [-0.25, -0.2) is 4.79 Å². The summed E-state index contributed by atoms with van der Waals surface area (Å²) in [5, 5.41) is 11.0. The molecule has 1 amide bonds. The summed E-state index contributed by atoms with van der Waals surface area (Å²) in [6.07, 6.45) is 0. The van der Waals surface area contributed by atoms with Crippen LogP contribution in [-0.4, -0.2) is 35.6 Å². The number of carbonyl (C=O) groups is 3. The molecule has 6 nitrogen and oxygen atoms in total. The lowest BCUT2D eigenvalue weighted by Gasteiger charge is -2.27. The summed E-state index contributed by atoms with van der Waals surface area (Å²) in [5.74, 6) is -2.26. The molecule has 1 unspecified atom stereocenters. The molecule has 1 rings (SSSR count). The van der Waals surface area contributed by atoms with Gasteiger partial charge < -0.3 is 9.84 Å². The predicted molar refractivity (Wildman–Crippen MR) is 75.0 cm³/mol. The first-order valence-electron chi connectivity index (χ1n) is 5.98. The summed E-state index contributed by atoms with van der Waals surface area (Å²) in [4.78, 5) is 36.2. The molecular weight excluding hydrogens is 282 g/mol. The Balaban J connectivity index is 3.12. The van der Waals surface area contributed by atoms with E-state index in [1.54, 1.807) is 6.92 Å². The first kappa shape index (κ1) is 16.2. The highest BCUT2D eigenvalue weighted by Crippen LogP contribution is 2.32. The second kappa shape index (κ2) is 6.51. The lowest BCUT2D eigenvalue weighted by atomic mass is 10.2. The SMILES string of the molecule is CC(=O)OCC(=O)N(c1c(C)csc1C)C(C)C(=O)O. The molecule has 0 saturated carbocycles. The maximum Gasteiger partial charge on any atom is 0.326 e. The van der Waals surface area contributed by atoms with Crippen LogP contribution >= 0.6 is 11.3 Å². The molecule has 110 valence electrons. The fourth-order valence-electron chi connectivity index (χ4n) is 1.80. The third-order valence-electron chi connectivity index (χ3n) is 2.77. The maximum absolute atomic E-state index is 12.2. The van der Waals surface area contributed by atoms with Crippen LogP contribution in [0.3, 0.4) is 0 Å². The number of carboxylic acids is 1. The fraction of sp³-hybridized carbons (Fsp3) is 0.462. The van der Waals surface area contributed by atoms with E-state index >= 15 is 0 Å². The zero-order valence-corrected chi connectivity index (χ0v) is 12.6. The molecule has 0 aliphatic heterocycles. The van der Waals surface area contributed by atoms with Crippen molar-refractivity contribution in [1.82, 2.24) is 0 Å². The number of rotatable bonds is 5. The number of anilines is 1. The van der Waals surface area contributed by atoms with Gasteiger partial charge in [-0.2, -0.15) is 0 Å². The number of aliphatic carboxylic acids is 1. The smallest absolute Gasteiger partial charge is 0.326 e. The fourth-order valence-corrected chi connectivity index (χ4v) is 2.64. The van der Waals surface area contributed by atoms with Gasteiger partial charge >= 0.3 is 11.9 Å². The Morgan fingerprint density at radius 1 is 1.40 bits per heavy atom. The van der Waals surface area contributed by atoms with Crippen LogP contribution in [0.15, 0.2) is 5.38 Å².